The van der Waals surface area contributed by atoms with E-state index in [1.165, 1.54) is 18.5 Å². The summed E-state index contributed by atoms with van der Waals surface area (Å²) in [4.78, 5) is 22.4. The number of carbonyl (C=O) groups excluding carboxylic acids is 1. The van der Waals surface area contributed by atoms with Crippen molar-refractivity contribution in [1.29, 1.82) is 5.26 Å². The Balaban J connectivity index is 2.93. The average molecular weight is 293 g/mol. The molecule has 0 bridgehead atoms. The van der Waals surface area contributed by atoms with Crippen molar-refractivity contribution < 1.29 is 9.72 Å². The molecule has 114 valence electrons. The fourth-order valence-electron chi connectivity index (χ4n) is 1.87. The van der Waals surface area contributed by atoms with Crippen molar-refractivity contribution in [2.45, 2.75) is 46.7 Å². The molecule has 1 atom stereocenters. The van der Waals surface area contributed by atoms with Gasteiger partial charge in [0.2, 0.25) is 5.91 Å². The molecule has 1 aromatic heterocycles. The number of aromatic nitrogens is 2. The highest BCUT2D eigenvalue weighted by Gasteiger charge is 2.31. The number of hydrogen-bond donors (Lipinski definition) is 1. The fourth-order valence-corrected chi connectivity index (χ4v) is 1.87. The van der Waals surface area contributed by atoms with Crippen LogP contribution >= 0.6 is 0 Å². The van der Waals surface area contributed by atoms with Gasteiger partial charge in [0.1, 0.15) is 23.5 Å². The van der Waals surface area contributed by atoms with Gasteiger partial charge in [-0.15, -0.1) is 0 Å². The van der Waals surface area contributed by atoms with Crippen molar-refractivity contribution in [3.05, 3.63) is 21.5 Å². The van der Waals surface area contributed by atoms with Crippen molar-refractivity contribution in [2.75, 3.05) is 0 Å². The third-order valence-corrected chi connectivity index (χ3v) is 3.61. The summed E-state index contributed by atoms with van der Waals surface area (Å²) in [6.07, 6.45) is 0. The number of nitrogens with one attached hydrogen (secondary N) is 1. The molecule has 0 aliphatic heterocycles. The normalized spacial score (nSPS) is 13.6. The largest absolute Gasteiger partial charge is 0.336 e. The number of nitrogens with zero attached hydrogens (tertiary/aromatic N) is 4. The van der Waals surface area contributed by atoms with Crippen molar-refractivity contribution in [3.63, 3.8) is 0 Å². The van der Waals surface area contributed by atoms with E-state index in [9.17, 15) is 14.9 Å². The van der Waals surface area contributed by atoms with E-state index in [0.717, 1.165) is 0 Å². The summed E-state index contributed by atoms with van der Waals surface area (Å²) in [5.41, 5.74) is -0.498. The van der Waals surface area contributed by atoms with Crippen molar-refractivity contribution in [3.8, 4) is 6.07 Å². The van der Waals surface area contributed by atoms with Gasteiger partial charge in [0.25, 0.3) is 0 Å². The van der Waals surface area contributed by atoms with Gasteiger partial charge in [-0.2, -0.15) is 10.4 Å². The van der Waals surface area contributed by atoms with Gasteiger partial charge in [0.15, 0.2) is 0 Å². The highest BCUT2D eigenvalue weighted by atomic mass is 16.6. The Morgan fingerprint density at radius 3 is 2.52 bits per heavy atom. The Bertz CT molecular complexity index is 614. The maximum absolute atomic E-state index is 12.0. The van der Waals surface area contributed by atoms with Gasteiger partial charge in [-0.25, -0.2) is 0 Å². The van der Waals surface area contributed by atoms with Crippen LogP contribution in [0.25, 0.3) is 0 Å². The first-order chi connectivity index (χ1) is 9.62. The molecule has 1 N–H and O–H groups in total. The molecule has 0 radical (unpaired) electrons. The molecule has 8 nitrogen and oxygen atoms in total. The number of carbonyl (C=O) groups is 1. The summed E-state index contributed by atoms with van der Waals surface area (Å²) in [6.45, 7) is 8.20. The number of hydrogen-bond acceptors (Lipinski definition) is 5. The summed E-state index contributed by atoms with van der Waals surface area (Å²) < 4.78 is 1.28. The van der Waals surface area contributed by atoms with Gasteiger partial charge < -0.3 is 5.32 Å². The minimum atomic E-state index is -0.987. The maximum atomic E-state index is 12.0. The van der Waals surface area contributed by atoms with Gasteiger partial charge in [0.05, 0.1) is 11.0 Å². The third-order valence-electron chi connectivity index (χ3n) is 3.61. The molecule has 1 rings (SSSR count). The quantitative estimate of drug-likeness (QED) is 0.652. The molecule has 0 fully saturated rings. The first-order valence-corrected chi connectivity index (χ1v) is 6.53. The predicted molar refractivity (Wildman–Crippen MR) is 75.4 cm³/mol. The second kappa shape index (κ2) is 5.91. The Kier molecular flexibility index (Phi) is 4.68. The van der Waals surface area contributed by atoms with Gasteiger partial charge in [0, 0.05) is 0 Å². The molecule has 21 heavy (non-hydrogen) atoms. The van der Waals surface area contributed by atoms with E-state index in [2.05, 4.69) is 16.5 Å². The molecule has 0 aliphatic rings. The van der Waals surface area contributed by atoms with E-state index in [0.29, 0.717) is 5.69 Å². The van der Waals surface area contributed by atoms with E-state index in [1.807, 2.05) is 13.8 Å². The zero-order valence-corrected chi connectivity index (χ0v) is 12.8. The first kappa shape index (κ1) is 16.6. The lowest BCUT2D eigenvalue weighted by molar-refractivity contribution is -0.386. The number of nitro groups is 1. The molecule has 0 saturated carbocycles. The average Bonchev–Trinajstić information content (AvgIpc) is 2.63. The second-order valence-corrected chi connectivity index (χ2v) is 5.45. The van der Waals surface area contributed by atoms with Crippen molar-refractivity contribution in [2.24, 2.45) is 5.92 Å². The molecule has 0 saturated heterocycles. The molecule has 0 spiro atoms. The van der Waals surface area contributed by atoms with Gasteiger partial charge in [-0.05, 0) is 26.7 Å². The van der Waals surface area contributed by atoms with E-state index in [1.54, 1.807) is 6.92 Å². The van der Waals surface area contributed by atoms with Gasteiger partial charge in [-0.3, -0.25) is 19.6 Å². The Labute approximate surface area is 122 Å². The number of aryl methyl sites for hydroxylation is 1. The summed E-state index contributed by atoms with van der Waals surface area (Å²) in [5.74, 6) is -0.477. The van der Waals surface area contributed by atoms with Crippen LogP contribution in [0.4, 0.5) is 5.69 Å². The summed E-state index contributed by atoms with van der Waals surface area (Å²) >= 11 is 0. The van der Waals surface area contributed by atoms with Crippen LogP contribution in [0.2, 0.25) is 0 Å². The predicted octanol–water partition coefficient (Wildman–Crippen LogP) is 1.46. The molecular weight excluding hydrogens is 274 g/mol. The second-order valence-electron chi connectivity index (χ2n) is 5.45. The molecule has 1 aromatic rings. The molecule has 8 heteroatoms. The number of rotatable bonds is 5. The minimum Gasteiger partial charge on any atom is -0.336 e. The lowest BCUT2D eigenvalue weighted by Gasteiger charge is -2.27. The van der Waals surface area contributed by atoms with Crippen molar-refractivity contribution in [1.82, 2.24) is 15.1 Å². The van der Waals surface area contributed by atoms with Crippen LogP contribution in [-0.2, 0) is 11.3 Å². The van der Waals surface area contributed by atoms with E-state index in [-0.39, 0.29) is 23.8 Å². The van der Waals surface area contributed by atoms with Gasteiger partial charge >= 0.3 is 5.69 Å². The number of nitriles is 1. The van der Waals surface area contributed by atoms with E-state index in [4.69, 9.17) is 5.26 Å². The highest BCUT2D eigenvalue weighted by molar-refractivity contribution is 5.77. The van der Waals surface area contributed by atoms with Gasteiger partial charge in [-0.1, -0.05) is 13.8 Å². The number of amides is 1. The summed E-state index contributed by atoms with van der Waals surface area (Å²) in [7, 11) is 0. The zero-order valence-electron chi connectivity index (χ0n) is 12.8. The Hall–Kier alpha value is -2.43. The molecule has 0 aromatic carbocycles. The Morgan fingerprint density at radius 1 is 1.57 bits per heavy atom. The monoisotopic (exact) mass is 293 g/mol. The molecule has 0 aliphatic carbocycles. The lowest BCUT2D eigenvalue weighted by atomic mass is 9.90. The lowest BCUT2D eigenvalue weighted by Crippen LogP contribution is -2.49. The van der Waals surface area contributed by atoms with Crippen LogP contribution in [-0.4, -0.2) is 26.1 Å². The first-order valence-electron chi connectivity index (χ1n) is 6.53. The van der Waals surface area contributed by atoms with Crippen molar-refractivity contribution >= 4 is 11.6 Å². The Morgan fingerprint density at radius 2 is 2.14 bits per heavy atom. The zero-order chi connectivity index (χ0) is 16.4. The molecule has 1 amide bonds. The highest BCUT2D eigenvalue weighted by Crippen LogP contribution is 2.22. The van der Waals surface area contributed by atoms with Crippen LogP contribution in [0.1, 0.15) is 32.2 Å². The fraction of sp³-hybridized carbons (Fsp3) is 0.615. The molecular formula is C13H19N5O3. The summed E-state index contributed by atoms with van der Waals surface area (Å²) in [5, 5.41) is 26.7. The smallest absolute Gasteiger partial charge is 0.312 e. The van der Waals surface area contributed by atoms with E-state index >= 15 is 0 Å². The van der Waals surface area contributed by atoms with Crippen LogP contribution in [0.15, 0.2) is 0 Å². The third kappa shape index (κ3) is 3.37. The van der Waals surface area contributed by atoms with Crippen LogP contribution in [0.3, 0.4) is 0 Å². The minimum absolute atomic E-state index is 0.0683. The maximum Gasteiger partial charge on any atom is 0.312 e. The standard InChI is InChI=1S/C13H19N5O3/c1-8(2)13(5,7-14)15-11(19)6-17-10(4)12(18(20)21)9(3)16-17/h8H,6H2,1-5H3,(H,15,19)/t13-/m0/s1. The van der Waals surface area contributed by atoms with Crippen LogP contribution < -0.4 is 5.32 Å². The van der Waals surface area contributed by atoms with Crippen LogP contribution in [0.5, 0.6) is 0 Å². The summed E-state index contributed by atoms with van der Waals surface area (Å²) in [6, 6.07) is 2.07. The SMILES string of the molecule is Cc1nn(CC(=O)N[C@@](C)(C#N)C(C)C)c(C)c1[N+](=O)[O-]. The van der Waals surface area contributed by atoms with Crippen LogP contribution in [0, 0.1) is 41.2 Å². The topological polar surface area (TPSA) is 114 Å². The molecule has 1 heterocycles. The van der Waals surface area contributed by atoms with E-state index < -0.39 is 16.4 Å². The molecule has 0 unspecified atom stereocenters.